The lowest BCUT2D eigenvalue weighted by Gasteiger charge is -2.34. The highest BCUT2D eigenvalue weighted by Gasteiger charge is 2.32. The number of hydrogen-bond acceptors (Lipinski definition) is 3. The Morgan fingerprint density at radius 2 is 1.58 bits per heavy atom. The third kappa shape index (κ3) is 4.53. The Morgan fingerprint density at radius 1 is 0.962 bits per heavy atom. The third-order valence-corrected chi connectivity index (χ3v) is 6.57. The Bertz CT molecular complexity index is 836. The van der Waals surface area contributed by atoms with Gasteiger partial charge in [-0.1, -0.05) is 42.0 Å². The lowest BCUT2D eigenvalue weighted by Crippen LogP contribution is -2.48. The minimum absolute atomic E-state index is 0.0850. The number of benzene rings is 2. The van der Waals surface area contributed by atoms with Crippen molar-refractivity contribution in [2.45, 2.75) is 50.7 Å². The number of nitrogens with zero attached hydrogens (tertiary/aromatic N) is 1. The van der Waals surface area contributed by atoms with E-state index in [2.05, 4.69) is 31.2 Å². The predicted octanol–water partition coefficient (Wildman–Crippen LogP) is 3.58. The first-order valence-corrected chi connectivity index (χ1v) is 10.6. The van der Waals surface area contributed by atoms with Crippen molar-refractivity contribution in [1.82, 2.24) is 4.31 Å². The highest BCUT2D eigenvalue weighted by Crippen LogP contribution is 2.22. The van der Waals surface area contributed by atoms with Crippen LogP contribution in [0.5, 0.6) is 0 Å². The molecule has 2 aromatic rings. The Hall–Kier alpha value is -1.69. The van der Waals surface area contributed by atoms with Gasteiger partial charge in [0.15, 0.2) is 0 Å². The lowest BCUT2D eigenvalue weighted by molar-refractivity contribution is -0.0440. The maximum absolute atomic E-state index is 13.0. The molecule has 1 fully saturated rings. The smallest absolute Gasteiger partial charge is 0.243 e. The molecule has 4 nitrogen and oxygen atoms in total. The zero-order valence-corrected chi connectivity index (χ0v) is 16.5. The fourth-order valence-electron chi connectivity index (χ4n) is 3.38. The zero-order valence-electron chi connectivity index (χ0n) is 15.7. The molecule has 0 unspecified atom stereocenters. The molecule has 0 aliphatic carbocycles. The van der Waals surface area contributed by atoms with Crippen LogP contribution in [0.15, 0.2) is 53.4 Å². The van der Waals surface area contributed by atoms with Crippen LogP contribution in [0.3, 0.4) is 0 Å². The first-order chi connectivity index (χ1) is 12.3. The number of ether oxygens (including phenoxy) is 1. The van der Waals surface area contributed by atoms with Crippen LogP contribution in [0.1, 0.15) is 30.5 Å². The summed E-state index contributed by atoms with van der Waals surface area (Å²) < 4.78 is 33.2. The van der Waals surface area contributed by atoms with Gasteiger partial charge in [-0.05, 0) is 56.9 Å². The number of rotatable bonds is 5. The molecule has 2 aromatic carbocycles. The van der Waals surface area contributed by atoms with Gasteiger partial charge in [0.25, 0.3) is 0 Å². The van der Waals surface area contributed by atoms with Crippen LogP contribution in [0, 0.1) is 6.92 Å². The molecule has 1 aliphatic heterocycles. The maximum Gasteiger partial charge on any atom is 0.243 e. The van der Waals surface area contributed by atoms with Gasteiger partial charge in [-0.15, -0.1) is 0 Å². The second-order valence-electron chi connectivity index (χ2n) is 7.21. The van der Waals surface area contributed by atoms with E-state index >= 15 is 0 Å². The standard InChI is InChI=1S/C21H27NO3S/c1-16-7-9-19(10-8-16)11-12-20-5-4-6-21(13-20)26(23,24)22-14-17(2)25-18(3)15-22/h4-10,13,17-18H,11-12,14-15H2,1-3H3/t17-,18+. The maximum atomic E-state index is 13.0. The van der Waals surface area contributed by atoms with E-state index in [1.165, 1.54) is 11.1 Å². The van der Waals surface area contributed by atoms with Gasteiger partial charge in [-0.2, -0.15) is 4.31 Å². The highest BCUT2D eigenvalue weighted by molar-refractivity contribution is 7.89. The molecule has 0 spiro atoms. The van der Waals surface area contributed by atoms with Crippen LogP contribution in [0.25, 0.3) is 0 Å². The summed E-state index contributed by atoms with van der Waals surface area (Å²) in [6.45, 7) is 6.71. The molecule has 140 valence electrons. The van der Waals surface area contributed by atoms with Crippen LogP contribution in [0.4, 0.5) is 0 Å². The number of aryl methyl sites for hydroxylation is 3. The van der Waals surface area contributed by atoms with E-state index in [9.17, 15) is 8.42 Å². The van der Waals surface area contributed by atoms with Crippen LogP contribution >= 0.6 is 0 Å². The van der Waals surface area contributed by atoms with Crippen molar-refractivity contribution >= 4 is 10.0 Å². The summed E-state index contributed by atoms with van der Waals surface area (Å²) in [6, 6.07) is 15.8. The fourth-order valence-corrected chi connectivity index (χ4v) is 5.04. The summed E-state index contributed by atoms with van der Waals surface area (Å²) in [6.07, 6.45) is 1.55. The molecule has 26 heavy (non-hydrogen) atoms. The first kappa shape index (κ1) is 19.1. The van der Waals surface area contributed by atoms with E-state index in [-0.39, 0.29) is 12.2 Å². The molecule has 5 heteroatoms. The van der Waals surface area contributed by atoms with Crippen molar-refractivity contribution in [3.8, 4) is 0 Å². The largest absolute Gasteiger partial charge is 0.373 e. The minimum Gasteiger partial charge on any atom is -0.373 e. The average Bonchev–Trinajstić information content (AvgIpc) is 2.61. The molecule has 1 saturated heterocycles. The Labute approximate surface area is 156 Å². The summed E-state index contributed by atoms with van der Waals surface area (Å²) in [5.41, 5.74) is 3.55. The van der Waals surface area contributed by atoms with Crippen LogP contribution in [-0.2, 0) is 27.6 Å². The molecular weight excluding hydrogens is 346 g/mol. The van der Waals surface area contributed by atoms with Crippen molar-refractivity contribution in [2.24, 2.45) is 0 Å². The molecule has 1 heterocycles. The summed E-state index contributed by atoms with van der Waals surface area (Å²) in [5.74, 6) is 0. The van der Waals surface area contributed by atoms with Crippen LogP contribution in [-0.4, -0.2) is 38.0 Å². The molecule has 3 rings (SSSR count). The quantitative estimate of drug-likeness (QED) is 0.805. The lowest BCUT2D eigenvalue weighted by atomic mass is 10.0. The van der Waals surface area contributed by atoms with Crippen molar-refractivity contribution in [2.75, 3.05) is 13.1 Å². The molecule has 0 saturated carbocycles. The molecule has 0 aromatic heterocycles. The Balaban J connectivity index is 1.74. The van der Waals surface area contributed by atoms with Crippen molar-refractivity contribution in [1.29, 1.82) is 0 Å². The third-order valence-electron chi connectivity index (χ3n) is 4.75. The predicted molar refractivity (Wildman–Crippen MR) is 104 cm³/mol. The Morgan fingerprint density at radius 3 is 2.23 bits per heavy atom. The first-order valence-electron chi connectivity index (χ1n) is 9.14. The number of morpholine rings is 1. The van der Waals surface area contributed by atoms with Crippen molar-refractivity contribution in [3.05, 3.63) is 65.2 Å². The van der Waals surface area contributed by atoms with Gasteiger partial charge in [-0.25, -0.2) is 8.42 Å². The molecule has 1 aliphatic rings. The second-order valence-corrected chi connectivity index (χ2v) is 9.15. The van der Waals surface area contributed by atoms with E-state index in [4.69, 9.17) is 4.74 Å². The van der Waals surface area contributed by atoms with Gasteiger partial charge in [0.1, 0.15) is 0 Å². The normalized spacial score (nSPS) is 21.7. The average molecular weight is 374 g/mol. The van der Waals surface area contributed by atoms with Crippen molar-refractivity contribution < 1.29 is 13.2 Å². The van der Waals surface area contributed by atoms with Gasteiger partial charge in [-0.3, -0.25) is 0 Å². The van der Waals surface area contributed by atoms with E-state index in [1.807, 2.05) is 32.0 Å². The Kier molecular flexibility index (Phi) is 5.80. The van der Waals surface area contributed by atoms with E-state index in [0.717, 1.165) is 18.4 Å². The van der Waals surface area contributed by atoms with Crippen LogP contribution < -0.4 is 0 Å². The van der Waals surface area contributed by atoms with Crippen LogP contribution in [0.2, 0.25) is 0 Å². The van der Waals surface area contributed by atoms with Gasteiger partial charge in [0.05, 0.1) is 17.1 Å². The highest BCUT2D eigenvalue weighted by atomic mass is 32.2. The van der Waals surface area contributed by atoms with E-state index < -0.39 is 10.0 Å². The summed E-state index contributed by atoms with van der Waals surface area (Å²) in [7, 11) is -3.49. The van der Waals surface area contributed by atoms with Crippen molar-refractivity contribution in [3.63, 3.8) is 0 Å². The van der Waals surface area contributed by atoms with E-state index in [0.29, 0.717) is 18.0 Å². The zero-order chi connectivity index (χ0) is 18.7. The van der Waals surface area contributed by atoms with Gasteiger partial charge in [0.2, 0.25) is 10.0 Å². The number of hydrogen-bond donors (Lipinski definition) is 0. The fraction of sp³-hybridized carbons (Fsp3) is 0.429. The second kappa shape index (κ2) is 7.91. The summed E-state index contributed by atoms with van der Waals surface area (Å²) >= 11 is 0. The van der Waals surface area contributed by atoms with Gasteiger partial charge < -0.3 is 4.74 Å². The molecule has 2 atom stereocenters. The minimum atomic E-state index is -3.49. The van der Waals surface area contributed by atoms with E-state index in [1.54, 1.807) is 10.4 Å². The molecule has 0 bridgehead atoms. The molecule has 0 radical (unpaired) electrons. The molecule has 0 N–H and O–H groups in total. The van der Waals surface area contributed by atoms with Gasteiger partial charge in [0, 0.05) is 13.1 Å². The SMILES string of the molecule is Cc1ccc(CCc2cccc(S(=O)(=O)N3C[C@@H](C)O[C@@H](C)C3)c2)cc1. The number of sulfonamides is 1. The summed E-state index contributed by atoms with van der Waals surface area (Å²) in [4.78, 5) is 0.375. The summed E-state index contributed by atoms with van der Waals surface area (Å²) in [5, 5.41) is 0. The topological polar surface area (TPSA) is 46.6 Å². The molecular formula is C21H27NO3S. The molecule has 0 amide bonds. The van der Waals surface area contributed by atoms with Gasteiger partial charge >= 0.3 is 0 Å². The monoisotopic (exact) mass is 373 g/mol.